The molecule has 4 nitrogen and oxygen atoms in total. The van der Waals surface area contributed by atoms with Crippen LogP contribution in [0.2, 0.25) is 0 Å². The third kappa shape index (κ3) is 4.05. The molecule has 41 heavy (non-hydrogen) atoms. The molecule has 0 aliphatic carbocycles. The lowest BCUT2D eigenvalue weighted by molar-refractivity contribution is 1.17. The fraction of sp³-hybridized carbons (Fsp3) is 0. The second kappa shape index (κ2) is 9.54. The monoisotopic (exact) mass is 524 g/mol. The Hall–Kier alpha value is -5.61. The van der Waals surface area contributed by atoms with Crippen molar-refractivity contribution in [2.75, 3.05) is 0 Å². The van der Waals surface area contributed by atoms with Crippen molar-refractivity contribution in [3.8, 4) is 39.3 Å². The summed E-state index contributed by atoms with van der Waals surface area (Å²) < 4.78 is 2.30. The number of aromatic nitrogens is 4. The number of benzene rings is 4. The van der Waals surface area contributed by atoms with Gasteiger partial charge in [-0.05, 0) is 76.5 Å². The second-order valence-electron chi connectivity index (χ2n) is 10.2. The number of rotatable bonds is 4. The lowest BCUT2D eigenvalue weighted by Gasteiger charge is -2.12. The minimum atomic E-state index is 0.901. The van der Waals surface area contributed by atoms with E-state index in [2.05, 4.69) is 130 Å². The summed E-state index contributed by atoms with van der Waals surface area (Å²) >= 11 is 0. The second-order valence-corrected chi connectivity index (χ2v) is 10.2. The van der Waals surface area contributed by atoms with E-state index in [0.29, 0.717) is 0 Å². The maximum atomic E-state index is 5.10. The van der Waals surface area contributed by atoms with Gasteiger partial charge in [0, 0.05) is 52.4 Å². The summed E-state index contributed by atoms with van der Waals surface area (Å²) in [7, 11) is 0. The van der Waals surface area contributed by atoms with Crippen LogP contribution < -0.4 is 0 Å². The van der Waals surface area contributed by atoms with Crippen molar-refractivity contribution in [3.05, 3.63) is 146 Å². The first-order chi connectivity index (χ1) is 20.3. The minimum absolute atomic E-state index is 0.901. The van der Waals surface area contributed by atoms with E-state index >= 15 is 0 Å². The molecule has 192 valence electrons. The van der Waals surface area contributed by atoms with Crippen LogP contribution in [-0.4, -0.2) is 19.5 Å². The summed E-state index contributed by atoms with van der Waals surface area (Å²) in [5, 5.41) is 4.80. The highest BCUT2D eigenvalue weighted by Crippen LogP contribution is 2.34. The van der Waals surface area contributed by atoms with Crippen molar-refractivity contribution >= 4 is 32.6 Å². The van der Waals surface area contributed by atoms with Crippen LogP contribution in [0.5, 0.6) is 0 Å². The van der Waals surface area contributed by atoms with Gasteiger partial charge in [-0.1, -0.05) is 66.7 Å². The first-order valence-electron chi connectivity index (χ1n) is 13.7. The molecule has 8 rings (SSSR count). The molecular weight excluding hydrogens is 500 g/mol. The van der Waals surface area contributed by atoms with Gasteiger partial charge in [-0.2, -0.15) is 0 Å². The molecule has 0 saturated carbocycles. The fourth-order valence-electron chi connectivity index (χ4n) is 5.75. The number of hydrogen-bond donors (Lipinski definition) is 0. The molecule has 4 aromatic carbocycles. The molecule has 0 bridgehead atoms. The average Bonchev–Trinajstić information content (AvgIpc) is 3.39. The Morgan fingerprint density at radius 1 is 0.439 bits per heavy atom. The summed E-state index contributed by atoms with van der Waals surface area (Å²) in [6, 6.07) is 42.7. The summed E-state index contributed by atoms with van der Waals surface area (Å²) in [4.78, 5) is 13.8. The Kier molecular flexibility index (Phi) is 5.42. The van der Waals surface area contributed by atoms with Crippen LogP contribution in [0.25, 0.3) is 71.9 Å². The normalized spacial score (nSPS) is 11.4. The molecular formula is C37H24N4. The van der Waals surface area contributed by atoms with E-state index in [4.69, 9.17) is 4.98 Å². The zero-order chi connectivity index (χ0) is 27.2. The SMILES string of the molecule is c1cncc(-c2cc(-c3ccc4ccccc4c3)cc(-c3ccc(-n4c5ccccc5c5cnccc54)cc3)n2)c1. The number of hydrogen-bond acceptors (Lipinski definition) is 3. The van der Waals surface area contributed by atoms with Gasteiger partial charge in [0.1, 0.15) is 0 Å². The first-order valence-corrected chi connectivity index (χ1v) is 13.7. The van der Waals surface area contributed by atoms with Gasteiger partial charge in [0.2, 0.25) is 0 Å². The van der Waals surface area contributed by atoms with Crippen LogP contribution in [-0.2, 0) is 0 Å². The van der Waals surface area contributed by atoms with Gasteiger partial charge in [0.25, 0.3) is 0 Å². The van der Waals surface area contributed by atoms with E-state index in [1.807, 2.05) is 24.7 Å². The molecule has 4 heteroatoms. The van der Waals surface area contributed by atoms with E-state index in [9.17, 15) is 0 Å². The van der Waals surface area contributed by atoms with Gasteiger partial charge < -0.3 is 4.57 Å². The molecule has 0 atom stereocenters. The van der Waals surface area contributed by atoms with Crippen LogP contribution >= 0.6 is 0 Å². The van der Waals surface area contributed by atoms with Gasteiger partial charge in [0.05, 0.1) is 22.4 Å². The van der Waals surface area contributed by atoms with Gasteiger partial charge in [-0.25, -0.2) is 4.98 Å². The van der Waals surface area contributed by atoms with Crippen molar-refractivity contribution < 1.29 is 0 Å². The van der Waals surface area contributed by atoms with Crippen LogP contribution in [0.3, 0.4) is 0 Å². The molecule has 0 N–H and O–H groups in total. The molecule has 0 unspecified atom stereocenters. The molecule has 4 heterocycles. The summed E-state index contributed by atoms with van der Waals surface area (Å²) in [6.45, 7) is 0. The molecule has 0 aliphatic heterocycles. The van der Waals surface area contributed by atoms with E-state index in [0.717, 1.165) is 50.2 Å². The molecule has 0 fully saturated rings. The molecule has 0 aliphatic rings. The van der Waals surface area contributed by atoms with Gasteiger partial charge >= 0.3 is 0 Å². The summed E-state index contributed by atoms with van der Waals surface area (Å²) in [6.07, 6.45) is 7.47. The highest BCUT2D eigenvalue weighted by atomic mass is 15.0. The standard InChI is InChI=1S/C37H24N4/c1-2-7-27-20-28(12-11-25(27)6-1)30-21-34(40-35(22-30)29-8-5-18-38-23-29)26-13-15-31(16-14-26)41-36-10-4-3-9-32(36)33-24-39-19-17-37(33)41/h1-24H. The zero-order valence-electron chi connectivity index (χ0n) is 22.1. The van der Waals surface area contributed by atoms with Gasteiger partial charge in [-0.3, -0.25) is 9.97 Å². The van der Waals surface area contributed by atoms with Crippen LogP contribution in [0.15, 0.2) is 146 Å². The predicted octanol–water partition coefficient (Wildman–Crippen LogP) is 9.12. The van der Waals surface area contributed by atoms with Crippen molar-refractivity contribution in [2.45, 2.75) is 0 Å². The molecule has 4 aromatic heterocycles. The lowest BCUT2D eigenvalue weighted by Crippen LogP contribution is -1.95. The highest BCUT2D eigenvalue weighted by molar-refractivity contribution is 6.08. The van der Waals surface area contributed by atoms with Gasteiger partial charge in [0.15, 0.2) is 0 Å². The van der Waals surface area contributed by atoms with Crippen LogP contribution in [0, 0.1) is 0 Å². The Labute approximate surface area is 237 Å². The van der Waals surface area contributed by atoms with Crippen molar-refractivity contribution in [1.29, 1.82) is 0 Å². The largest absolute Gasteiger partial charge is 0.309 e. The smallest absolute Gasteiger partial charge is 0.0731 e. The number of para-hydroxylation sites is 1. The molecule has 0 radical (unpaired) electrons. The van der Waals surface area contributed by atoms with Crippen molar-refractivity contribution in [1.82, 2.24) is 19.5 Å². The molecule has 0 spiro atoms. The molecule has 0 saturated heterocycles. The van der Waals surface area contributed by atoms with Crippen molar-refractivity contribution in [3.63, 3.8) is 0 Å². The molecule has 0 amide bonds. The highest BCUT2D eigenvalue weighted by Gasteiger charge is 2.13. The Balaban J connectivity index is 1.27. The van der Waals surface area contributed by atoms with Crippen LogP contribution in [0.1, 0.15) is 0 Å². The zero-order valence-corrected chi connectivity index (χ0v) is 22.1. The van der Waals surface area contributed by atoms with E-state index < -0.39 is 0 Å². The topological polar surface area (TPSA) is 43.6 Å². The van der Waals surface area contributed by atoms with Crippen LogP contribution in [0.4, 0.5) is 0 Å². The first kappa shape index (κ1) is 23.3. The summed E-state index contributed by atoms with van der Waals surface area (Å²) in [5.41, 5.74) is 9.57. The average molecular weight is 525 g/mol. The third-order valence-electron chi connectivity index (χ3n) is 7.76. The number of nitrogens with zero attached hydrogens (tertiary/aromatic N) is 4. The minimum Gasteiger partial charge on any atom is -0.309 e. The third-order valence-corrected chi connectivity index (χ3v) is 7.76. The van der Waals surface area contributed by atoms with E-state index in [1.54, 1.807) is 6.20 Å². The van der Waals surface area contributed by atoms with E-state index in [1.165, 1.54) is 21.7 Å². The molecule has 8 aromatic rings. The van der Waals surface area contributed by atoms with Crippen molar-refractivity contribution in [2.24, 2.45) is 0 Å². The Morgan fingerprint density at radius 3 is 2.02 bits per heavy atom. The Bertz CT molecular complexity index is 2140. The lowest BCUT2D eigenvalue weighted by atomic mass is 9.98. The number of pyridine rings is 3. The van der Waals surface area contributed by atoms with E-state index in [-0.39, 0.29) is 0 Å². The fourth-order valence-corrected chi connectivity index (χ4v) is 5.75. The number of fused-ring (bicyclic) bond motifs is 4. The maximum absolute atomic E-state index is 5.10. The predicted molar refractivity (Wildman–Crippen MR) is 168 cm³/mol. The van der Waals surface area contributed by atoms with Gasteiger partial charge in [-0.15, -0.1) is 0 Å². The summed E-state index contributed by atoms with van der Waals surface area (Å²) in [5.74, 6) is 0. The quantitative estimate of drug-likeness (QED) is 0.231. The maximum Gasteiger partial charge on any atom is 0.0731 e. The Morgan fingerprint density at radius 2 is 1.17 bits per heavy atom.